The fourth-order valence-corrected chi connectivity index (χ4v) is 4.19. The van der Waals surface area contributed by atoms with E-state index >= 15 is 0 Å². The molecule has 0 saturated carbocycles. The van der Waals surface area contributed by atoms with Crippen LogP contribution in [0.2, 0.25) is 0 Å². The highest BCUT2D eigenvalue weighted by molar-refractivity contribution is 7.89. The van der Waals surface area contributed by atoms with Gasteiger partial charge >= 0.3 is 6.18 Å². The smallest absolute Gasteiger partial charge is 0.382 e. The van der Waals surface area contributed by atoms with Crippen LogP contribution in [0.25, 0.3) is 0 Å². The van der Waals surface area contributed by atoms with E-state index in [9.17, 15) is 21.6 Å². The molecule has 0 bridgehead atoms. The molecule has 1 atom stereocenters. The standard InChI is InChI=1S/C15H21F3N2O4S/c1-19(11-14(21)15(16,17)18)10-12-4-2-3-5-13(12)25(22,23)20-6-8-24-9-7-20/h2-5,14,21H,6-11H2,1H3. The zero-order valence-electron chi connectivity index (χ0n) is 13.7. The van der Waals surface area contributed by atoms with Gasteiger partial charge in [0.1, 0.15) is 0 Å². The van der Waals surface area contributed by atoms with Gasteiger partial charge in [0.25, 0.3) is 0 Å². The summed E-state index contributed by atoms with van der Waals surface area (Å²) >= 11 is 0. The number of morpholine rings is 1. The van der Waals surface area contributed by atoms with Crippen LogP contribution in [-0.4, -0.2) is 74.9 Å². The maximum absolute atomic E-state index is 12.8. The third kappa shape index (κ3) is 5.14. The summed E-state index contributed by atoms with van der Waals surface area (Å²) in [5.74, 6) is 0. The zero-order valence-corrected chi connectivity index (χ0v) is 14.6. The highest BCUT2D eigenvalue weighted by atomic mass is 32.2. The van der Waals surface area contributed by atoms with E-state index < -0.39 is 28.8 Å². The Morgan fingerprint density at radius 1 is 1.28 bits per heavy atom. The molecule has 1 fully saturated rings. The van der Waals surface area contributed by atoms with E-state index in [1.54, 1.807) is 18.2 Å². The van der Waals surface area contributed by atoms with Gasteiger partial charge in [-0.25, -0.2) is 8.42 Å². The second-order valence-corrected chi connectivity index (χ2v) is 7.78. The lowest BCUT2D eigenvalue weighted by Crippen LogP contribution is -2.41. The Kier molecular flexibility index (Phi) is 6.44. The van der Waals surface area contributed by atoms with Crippen molar-refractivity contribution in [3.63, 3.8) is 0 Å². The molecule has 1 unspecified atom stereocenters. The molecule has 1 N–H and O–H groups in total. The van der Waals surface area contributed by atoms with Crippen LogP contribution in [-0.2, 0) is 21.3 Å². The molecule has 6 nitrogen and oxygen atoms in total. The van der Waals surface area contributed by atoms with Crippen LogP contribution < -0.4 is 0 Å². The first-order valence-electron chi connectivity index (χ1n) is 7.71. The van der Waals surface area contributed by atoms with Crippen molar-refractivity contribution >= 4 is 10.0 Å². The van der Waals surface area contributed by atoms with Gasteiger partial charge in [0.15, 0.2) is 6.10 Å². The number of alkyl halides is 3. The van der Waals surface area contributed by atoms with Crippen LogP contribution in [0.5, 0.6) is 0 Å². The lowest BCUT2D eigenvalue weighted by molar-refractivity contribution is -0.207. The number of sulfonamides is 1. The number of benzene rings is 1. The Morgan fingerprint density at radius 3 is 2.48 bits per heavy atom. The summed E-state index contributed by atoms with van der Waals surface area (Å²) in [6, 6.07) is 6.20. The number of rotatable bonds is 6. The van der Waals surface area contributed by atoms with Crippen LogP contribution >= 0.6 is 0 Å². The van der Waals surface area contributed by atoms with Gasteiger partial charge in [-0.2, -0.15) is 17.5 Å². The van der Waals surface area contributed by atoms with Gasteiger partial charge in [0.05, 0.1) is 18.1 Å². The predicted molar refractivity (Wildman–Crippen MR) is 84.4 cm³/mol. The molecule has 10 heteroatoms. The first-order valence-corrected chi connectivity index (χ1v) is 9.15. The minimum absolute atomic E-state index is 0.0348. The Labute approximate surface area is 144 Å². The van der Waals surface area contributed by atoms with Crippen molar-refractivity contribution in [1.82, 2.24) is 9.21 Å². The van der Waals surface area contributed by atoms with E-state index in [1.165, 1.54) is 22.3 Å². The minimum Gasteiger partial charge on any atom is -0.382 e. The second kappa shape index (κ2) is 8.00. The second-order valence-electron chi connectivity index (χ2n) is 5.88. The topological polar surface area (TPSA) is 70.1 Å². The average Bonchev–Trinajstić information content (AvgIpc) is 2.55. The molecule has 0 aromatic heterocycles. The molecule has 0 aliphatic carbocycles. The summed E-state index contributed by atoms with van der Waals surface area (Å²) in [6.07, 6.45) is -7.20. The third-order valence-corrected chi connectivity index (χ3v) is 5.86. The van der Waals surface area contributed by atoms with E-state index in [-0.39, 0.29) is 24.5 Å². The first-order chi connectivity index (χ1) is 11.6. The lowest BCUT2D eigenvalue weighted by Gasteiger charge is -2.28. The van der Waals surface area contributed by atoms with Gasteiger partial charge in [-0.3, -0.25) is 4.90 Å². The fourth-order valence-electron chi connectivity index (χ4n) is 2.57. The van der Waals surface area contributed by atoms with Gasteiger partial charge in [0.2, 0.25) is 10.0 Å². The molecule has 1 saturated heterocycles. The van der Waals surface area contributed by atoms with Gasteiger partial charge in [-0.1, -0.05) is 18.2 Å². The van der Waals surface area contributed by atoms with Crippen molar-refractivity contribution in [2.75, 3.05) is 39.9 Å². The van der Waals surface area contributed by atoms with Crippen molar-refractivity contribution in [3.8, 4) is 0 Å². The van der Waals surface area contributed by atoms with Gasteiger partial charge in [0, 0.05) is 26.2 Å². The van der Waals surface area contributed by atoms with Crippen LogP contribution in [0, 0.1) is 0 Å². The number of aliphatic hydroxyl groups excluding tert-OH is 1. The van der Waals surface area contributed by atoms with Crippen LogP contribution in [0.1, 0.15) is 5.56 Å². The quantitative estimate of drug-likeness (QED) is 0.797. The van der Waals surface area contributed by atoms with E-state index in [1.807, 2.05) is 0 Å². The van der Waals surface area contributed by atoms with Gasteiger partial charge in [-0.05, 0) is 18.7 Å². The summed E-state index contributed by atoms with van der Waals surface area (Å²) < 4.78 is 69.5. The molecule has 1 aromatic carbocycles. The number of hydrogen-bond acceptors (Lipinski definition) is 5. The maximum Gasteiger partial charge on any atom is 0.415 e. The highest BCUT2D eigenvalue weighted by Gasteiger charge is 2.38. The van der Waals surface area contributed by atoms with Crippen molar-refractivity contribution in [1.29, 1.82) is 0 Å². The number of likely N-dealkylation sites (N-methyl/N-ethyl adjacent to an activating group) is 1. The fraction of sp³-hybridized carbons (Fsp3) is 0.600. The summed E-state index contributed by atoms with van der Waals surface area (Å²) in [5.41, 5.74) is 0.380. The van der Waals surface area contributed by atoms with Crippen molar-refractivity contribution < 1.29 is 31.4 Å². The molecule has 25 heavy (non-hydrogen) atoms. The predicted octanol–water partition coefficient (Wildman–Crippen LogP) is 1.06. The largest absolute Gasteiger partial charge is 0.415 e. The molecular weight excluding hydrogens is 361 g/mol. The minimum atomic E-state index is -4.71. The van der Waals surface area contributed by atoms with Crippen LogP contribution in [0.3, 0.4) is 0 Å². The molecular formula is C15H21F3N2O4S. The summed E-state index contributed by atoms with van der Waals surface area (Å²) in [4.78, 5) is 1.30. The molecule has 142 valence electrons. The number of ether oxygens (including phenoxy) is 1. The van der Waals surface area contributed by atoms with E-state index in [0.29, 0.717) is 18.8 Å². The van der Waals surface area contributed by atoms with Crippen molar-refractivity contribution in [2.24, 2.45) is 0 Å². The Balaban J connectivity index is 2.17. The lowest BCUT2D eigenvalue weighted by atomic mass is 10.2. The first kappa shape index (κ1) is 20.1. The SMILES string of the molecule is CN(Cc1ccccc1S(=O)(=O)N1CCOCC1)CC(O)C(F)(F)F. The monoisotopic (exact) mass is 382 g/mol. The maximum atomic E-state index is 12.8. The number of hydrogen-bond donors (Lipinski definition) is 1. The third-order valence-electron chi connectivity index (χ3n) is 3.86. The van der Waals surface area contributed by atoms with E-state index in [2.05, 4.69) is 0 Å². The van der Waals surface area contributed by atoms with Crippen molar-refractivity contribution in [3.05, 3.63) is 29.8 Å². The Bertz CT molecular complexity index is 676. The molecule has 1 heterocycles. The summed E-state index contributed by atoms with van der Waals surface area (Å²) in [7, 11) is -2.36. The molecule has 0 spiro atoms. The summed E-state index contributed by atoms with van der Waals surface area (Å²) in [5, 5.41) is 9.16. The van der Waals surface area contributed by atoms with Crippen molar-refractivity contribution in [2.45, 2.75) is 23.7 Å². The average molecular weight is 382 g/mol. The number of nitrogens with zero attached hydrogens (tertiary/aromatic N) is 2. The Hall–Kier alpha value is -1.20. The molecule has 1 aliphatic heterocycles. The van der Waals surface area contributed by atoms with Gasteiger partial charge < -0.3 is 9.84 Å². The van der Waals surface area contributed by atoms with Crippen LogP contribution in [0.4, 0.5) is 13.2 Å². The van der Waals surface area contributed by atoms with Crippen LogP contribution in [0.15, 0.2) is 29.2 Å². The number of halogens is 3. The van der Waals surface area contributed by atoms with E-state index in [4.69, 9.17) is 9.84 Å². The number of aliphatic hydroxyl groups is 1. The zero-order chi connectivity index (χ0) is 18.7. The Morgan fingerprint density at radius 2 is 1.88 bits per heavy atom. The van der Waals surface area contributed by atoms with E-state index in [0.717, 1.165) is 0 Å². The molecule has 1 aromatic rings. The summed E-state index contributed by atoms with van der Waals surface area (Å²) in [6.45, 7) is 0.402. The van der Waals surface area contributed by atoms with Gasteiger partial charge in [-0.15, -0.1) is 0 Å². The molecule has 0 amide bonds. The highest BCUT2D eigenvalue weighted by Crippen LogP contribution is 2.24. The molecule has 1 aliphatic rings. The normalized spacial score (nSPS) is 18.5. The molecule has 0 radical (unpaired) electrons. The molecule has 2 rings (SSSR count).